The first-order chi connectivity index (χ1) is 9.56. The normalized spacial score (nSPS) is 15.1. The predicted octanol–water partition coefficient (Wildman–Crippen LogP) is 0.762. The first-order valence-corrected chi connectivity index (χ1v) is 6.99. The Bertz CT molecular complexity index is 482. The summed E-state index contributed by atoms with van der Waals surface area (Å²) in [6.45, 7) is 4.71. The van der Waals surface area contributed by atoms with Crippen molar-refractivity contribution in [3.63, 3.8) is 0 Å². The van der Waals surface area contributed by atoms with Crippen LogP contribution in [0.3, 0.4) is 0 Å². The Hall–Kier alpha value is -1.82. The maximum absolute atomic E-state index is 12.0. The number of hydrogen-bond donors (Lipinski definition) is 1. The molecule has 0 spiro atoms. The SMILES string of the molecule is Cc1ccc(OCC(=O)N2CCN(C(N)=S)CC2)cc1. The molecule has 1 aliphatic rings. The molecule has 0 bridgehead atoms. The van der Waals surface area contributed by atoms with E-state index in [1.165, 1.54) is 0 Å². The molecular weight excluding hydrogens is 274 g/mol. The number of nitrogens with zero attached hydrogens (tertiary/aromatic N) is 2. The Kier molecular flexibility index (Phi) is 4.79. The van der Waals surface area contributed by atoms with Crippen molar-refractivity contribution in [3.8, 4) is 5.75 Å². The van der Waals surface area contributed by atoms with E-state index in [1.807, 2.05) is 36.1 Å². The largest absolute Gasteiger partial charge is 0.484 e. The minimum absolute atomic E-state index is 0.00633. The summed E-state index contributed by atoms with van der Waals surface area (Å²) in [4.78, 5) is 15.7. The van der Waals surface area contributed by atoms with E-state index in [2.05, 4.69) is 0 Å². The van der Waals surface area contributed by atoms with Crippen LogP contribution < -0.4 is 10.5 Å². The van der Waals surface area contributed by atoms with Crippen LogP contribution in [-0.2, 0) is 4.79 Å². The highest BCUT2D eigenvalue weighted by Gasteiger charge is 2.21. The number of hydrogen-bond acceptors (Lipinski definition) is 3. The fraction of sp³-hybridized carbons (Fsp3) is 0.429. The van der Waals surface area contributed by atoms with Crippen molar-refractivity contribution < 1.29 is 9.53 Å². The highest BCUT2D eigenvalue weighted by Crippen LogP contribution is 2.11. The molecule has 1 saturated heterocycles. The van der Waals surface area contributed by atoms with E-state index in [0.29, 0.717) is 37.0 Å². The van der Waals surface area contributed by atoms with Gasteiger partial charge in [0.15, 0.2) is 11.7 Å². The lowest BCUT2D eigenvalue weighted by atomic mass is 10.2. The molecule has 0 radical (unpaired) electrons. The van der Waals surface area contributed by atoms with Crippen molar-refractivity contribution >= 4 is 23.2 Å². The maximum atomic E-state index is 12.0. The fourth-order valence-corrected chi connectivity index (χ4v) is 2.23. The topological polar surface area (TPSA) is 58.8 Å². The quantitative estimate of drug-likeness (QED) is 0.834. The van der Waals surface area contributed by atoms with Gasteiger partial charge in [-0.1, -0.05) is 17.7 Å². The van der Waals surface area contributed by atoms with Crippen LogP contribution in [-0.4, -0.2) is 53.6 Å². The number of benzene rings is 1. The van der Waals surface area contributed by atoms with E-state index < -0.39 is 0 Å². The maximum Gasteiger partial charge on any atom is 0.260 e. The second-order valence-corrected chi connectivity index (χ2v) is 5.23. The molecule has 1 aliphatic heterocycles. The second-order valence-electron chi connectivity index (χ2n) is 4.81. The third-order valence-electron chi connectivity index (χ3n) is 3.33. The van der Waals surface area contributed by atoms with Gasteiger partial charge in [0.2, 0.25) is 0 Å². The number of carbonyl (C=O) groups is 1. The van der Waals surface area contributed by atoms with E-state index in [4.69, 9.17) is 22.7 Å². The van der Waals surface area contributed by atoms with Gasteiger partial charge in [-0.05, 0) is 31.3 Å². The Morgan fingerprint density at radius 3 is 2.30 bits per heavy atom. The Morgan fingerprint density at radius 1 is 1.20 bits per heavy atom. The van der Waals surface area contributed by atoms with E-state index in [9.17, 15) is 4.79 Å². The minimum atomic E-state index is -0.00633. The number of thiocarbonyl (C=S) groups is 1. The number of amides is 1. The molecule has 1 aromatic rings. The highest BCUT2D eigenvalue weighted by atomic mass is 32.1. The molecule has 0 atom stereocenters. The zero-order valence-electron chi connectivity index (χ0n) is 11.5. The summed E-state index contributed by atoms with van der Waals surface area (Å²) in [6, 6.07) is 7.66. The molecule has 5 nitrogen and oxygen atoms in total. The molecule has 1 aromatic carbocycles. The van der Waals surface area contributed by atoms with Crippen LogP contribution >= 0.6 is 12.2 Å². The summed E-state index contributed by atoms with van der Waals surface area (Å²) in [5.74, 6) is 0.707. The molecule has 6 heteroatoms. The van der Waals surface area contributed by atoms with Crippen LogP contribution in [0.4, 0.5) is 0 Å². The molecular formula is C14H19N3O2S. The van der Waals surface area contributed by atoms with Crippen LogP contribution in [0.15, 0.2) is 24.3 Å². The van der Waals surface area contributed by atoms with Crippen molar-refractivity contribution in [2.45, 2.75) is 6.92 Å². The second kappa shape index (κ2) is 6.56. The van der Waals surface area contributed by atoms with Crippen molar-refractivity contribution in [1.29, 1.82) is 0 Å². The summed E-state index contributed by atoms with van der Waals surface area (Å²) in [5, 5.41) is 0.396. The first-order valence-electron chi connectivity index (χ1n) is 6.58. The van der Waals surface area contributed by atoms with Crippen molar-refractivity contribution in [3.05, 3.63) is 29.8 Å². The number of ether oxygens (including phenoxy) is 1. The third kappa shape index (κ3) is 3.84. The van der Waals surface area contributed by atoms with Gasteiger partial charge in [-0.3, -0.25) is 4.79 Å². The molecule has 2 rings (SSSR count). The molecule has 0 aromatic heterocycles. The summed E-state index contributed by atoms with van der Waals surface area (Å²) >= 11 is 4.92. The van der Waals surface area contributed by atoms with Crippen molar-refractivity contribution in [2.75, 3.05) is 32.8 Å². The molecule has 1 fully saturated rings. The van der Waals surface area contributed by atoms with E-state index in [0.717, 1.165) is 5.56 Å². The van der Waals surface area contributed by atoms with Gasteiger partial charge in [0, 0.05) is 26.2 Å². The van der Waals surface area contributed by atoms with Crippen LogP contribution in [0, 0.1) is 6.92 Å². The Balaban J connectivity index is 1.78. The van der Waals surface area contributed by atoms with Gasteiger partial charge in [-0.25, -0.2) is 0 Å². The Morgan fingerprint density at radius 2 is 1.75 bits per heavy atom. The number of piperazine rings is 1. The van der Waals surface area contributed by atoms with E-state index in [1.54, 1.807) is 4.90 Å². The molecule has 0 unspecified atom stereocenters. The molecule has 1 amide bonds. The van der Waals surface area contributed by atoms with Gasteiger partial charge < -0.3 is 20.3 Å². The van der Waals surface area contributed by atoms with Gasteiger partial charge in [-0.2, -0.15) is 0 Å². The molecule has 0 saturated carbocycles. The smallest absolute Gasteiger partial charge is 0.260 e. The highest BCUT2D eigenvalue weighted by molar-refractivity contribution is 7.80. The molecule has 20 heavy (non-hydrogen) atoms. The molecule has 0 aliphatic carbocycles. The average Bonchev–Trinajstić information content (AvgIpc) is 2.46. The van der Waals surface area contributed by atoms with Crippen LogP contribution in [0.5, 0.6) is 5.75 Å². The van der Waals surface area contributed by atoms with E-state index >= 15 is 0 Å². The van der Waals surface area contributed by atoms with Gasteiger partial charge in [0.05, 0.1) is 0 Å². The van der Waals surface area contributed by atoms with E-state index in [-0.39, 0.29) is 12.5 Å². The fourth-order valence-electron chi connectivity index (χ4n) is 2.05. The van der Waals surface area contributed by atoms with Crippen molar-refractivity contribution in [2.24, 2.45) is 5.73 Å². The van der Waals surface area contributed by atoms with Crippen LogP contribution in [0.2, 0.25) is 0 Å². The number of carbonyl (C=O) groups excluding carboxylic acids is 1. The van der Waals surface area contributed by atoms with Crippen LogP contribution in [0.1, 0.15) is 5.56 Å². The van der Waals surface area contributed by atoms with Gasteiger partial charge in [0.25, 0.3) is 5.91 Å². The number of aryl methyl sites for hydroxylation is 1. The summed E-state index contributed by atoms with van der Waals surface area (Å²) in [6.07, 6.45) is 0. The van der Waals surface area contributed by atoms with Gasteiger partial charge in [-0.15, -0.1) is 0 Å². The number of nitrogens with two attached hydrogens (primary N) is 1. The average molecular weight is 293 g/mol. The summed E-state index contributed by atoms with van der Waals surface area (Å²) < 4.78 is 5.50. The standard InChI is InChI=1S/C14H19N3O2S/c1-11-2-4-12(5-3-11)19-10-13(18)16-6-8-17(9-7-16)14(15)20/h2-5H,6-10H2,1H3,(H2,15,20). The third-order valence-corrected chi connectivity index (χ3v) is 3.59. The van der Waals surface area contributed by atoms with Gasteiger partial charge >= 0.3 is 0 Å². The first kappa shape index (κ1) is 14.6. The number of rotatable bonds is 3. The Labute approximate surface area is 124 Å². The van der Waals surface area contributed by atoms with Crippen LogP contribution in [0.25, 0.3) is 0 Å². The van der Waals surface area contributed by atoms with Crippen molar-refractivity contribution in [1.82, 2.24) is 9.80 Å². The zero-order chi connectivity index (χ0) is 14.5. The molecule has 1 heterocycles. The lowest BCUT2D eigenvalue weighted by molar-refractivity contribution is -0.134. The lowest BCUT2D eigenvalue weighted by Crippen LogP contribution is -2.52. The summed E-state index contributed by atoms with van der Waals surface area (Å²) in [5.41, 5.74) is 6.73. The minimum Gasteiger partial charge on any atom is -0.484 e. The summed E-state index contributed by atoms with van der Waals surface area (Å²) in [7, 11) is 0. The molecule has 108 valence electrons. The predicted molar refractivity (Wildman–Crippen MR) is 81.6 cm³/mol. The zero-order valence-corrected chi connectivity index (χ0v) is 12.4. The molecule has 2 N–H and O–H groups in total. The lowest BCUT2D eigenvalue weighted by Gasteiger charge is -2.34. The monoisotopic (exact) mass is 293 g/mol. The van der Waals surface area contributed by atoms with Gasteiger partial charge in [0.1, 0.15) is 5.75 Å².